The fraction of sp³-hybridized carbons (Fsp3) is 0.214. The SMILES string of the molecule is Cc1ccc(NC(=O)c2ccc(CC(C)N(C)C)cc2)cc1Nc1nccc(-c2cccnc2)n1. The molecule has 35 heavy (non-hydrogen) atoms. The van der Waals surface area contributed by atoms with E-state index in [4.69, 9.17) is 0 Å². The molecular formula is C28H30N6O. The molecule has 2 heterocycles. The lowest BCUT2D eigenvalue weighted by atomic mass is 10.0. The summed E-state index contributed by atoms with van der Waals surface area (Å²) < 4.78 is 0. The molecule has 0 spiro atoms. The quantitative estimate of drug-likeness (QED) is 0.365. The van der Waals surface area contributed by atoms with E-state index in [1.807, 2.05) is 67.6 Å². The lowest BCUT2D eigenvalue weighted by Crippen LogP contribution is -2.26. The summed E-state index contributed by atoms with van der Waals surface area (Å²) in [5, 5.41) is 6.26. The monoisotopic (exact) mass is 466 g/mol. The number of pyridine rings is 1. The van der Waals surface area contributed by atoms with Gasteiger partial charge in [0.25, 0.3) is 5.91 Å². The van der Waals surface area contributed by atoms with Gasteiger partial charge < -0.3 is 15.5 Å². The van der Waals surface area contributed by atoms with Crippen molar-refractivity contribution in [3.63, 3.8) is 0 Å². The number of rotatable bonds is 8. The molecule has 1 atom stereocenters. The summed E-state index contributed by atoms with van der Waals surface area (Å²) in [6.07, 6.45) is 6.14. The number of hydrogen-bond acceptors (Lipinski definition) is 6. The number of aryl methyl sites for hydroxylation is 1. The van der Waals surface area contributed by atoms with E-state index in [9.17, 15) is 4.79 Å². The largest absolute Gasteiger partial charge is 0.324 e. The Bertz CT molecular complexity index is 1290. The number of benzene rings is 2. The van der Waals surface area contributed by atoms with Crippen molar-refractivity contribution in [1.82, 2.24) is 19.9 Å². The molecule has 0 saturated carbocycles. The van der Waals surface area contributed by atoms with Crippen LogP contribution in [0.4, 0.5) is 17.3 Å². The minimum atomic E-state index is -0.151. The Kier molecular flexibility index (Phi) is 7.48. The molecule has 4 rings (SSSR count). The molecular weight excluding hydrogens is 436 g/mol. The predicted molar refractivity (Wildman–Crippen MR) is 141 cm³/mol. The van der Waals surface area contributed by atoms with Crippen molar-refractivity contribution in [2.75, 3.05) is 24.7 Å². The molecule has 7 heteroatoms. The van der Waals surface area contributed by atoms with E-state index in [1.165, 1.54) is 5.56 Å². The van der Waals surface area contributed by atoms with E-state index < -0.39 is 0 Å². The standard InChI is InChI=1S/C28H30N6O/c1-19-7-12-24(31-27(35)22-10-8-21(9-11-22)16-20(2)34(3)4)17-26(19)33-28-30-15-13-25(32-28)23-6-5-14-29-18-23/h5-15,17-18,20H,16H2,1-4H3,(H,31,35)(H,30,32,33). The molecule has 4 aromatic rings. The van der Waals surface area contributed by atoms with E-state index in [0.717, 1.165) is 28.9 Å². The van der Waals surface area contributed by atoms with Gasteiger partial charge in [-0.2, -0.15) is 0 Å². The zero-order chi connectivity index (χ0) is 24.8. The second kappa shape index (κ2) is 10.9. The van der Waals surface area contributed by atoms with Crippen LogP contribution in [0.15, 0.2) is 79.3 Å². The first-order valence-corrected chi connectivity index (χ1v) is 11.6. The lowest BCUT2D eigenvalue weighted by Gasteiger charge is -2.19. The van der Waals surface area contributed by atoms with Gasteiger partial charge in [-0.3, -0.25) is 9.78 Å². The van der Waals surface area contributed by atoms with Gasteiger partial charge >= 0.3 is 0 Å². The van der Waals surface area contributed by atoms with E-state index in [0.29, 0.717) is 23.2 Å². The summed E-state index contributed by atoms with van der Waals surface area (Å²) in [7, 11) is 4.14. The third kappa shape index (κ3) is 6.28. The molecule has 7 nitrogen and oxygen atoms in total. The van der Waals surface area contributed by atoms with Gasteiger partial charge in [-0.25, -0.2) is 9.97 Å². The molecule has 0 radical (unpaired) electrons. The Morgan fingerprint density at radius 1 is 1.03 bits per heavy atom. The van der Waals surface area contributed by atoms with Gasteiger partial charge in [0, 0.05) is 47.1 Å². The molecule has 1 amide bonds. The Morgan fingerprint density at radius 2 is 1.83 bits per heavy atom. The fourth-order valence-corrected chi connectivity index (χ4v) is 3.57. The van der Waals surface area contributed by atoms with E-state index in [1.54, 1.807) is 18.6 Å². The third-order valence-corrected chi connectivity index (χ3v) is 5.98. The van der Waals surface area contributed by atoms with Crippen LogP contribution in [-0.4, -0.2) is 45.9 Å². The van der Waals surface area contributed by atoms with Crippen molar-refractivity contribution in [2.45, 2.75) is 26.3 Å². The topological polar surface area (TPSA) is 83.0 Å². The average Bonchev–Trinajstić information content (AvgIpc) is 2.87. The highest BCUT2D eigenvalue weighted by Crippen LogP contribution is 2.24. The van der Waals surface area contributed by atoms with Crippen molar-refractivity contribution in [2.24, 2.45) is 0 Å². The van der Waals surface area contributed by atoms with Crippen LogP contribution in [0.5, 0.6) is 0 Å². The maximum absolute atomic E-state index is 12.8. The van der Waals surface area contributed by atoms with E-state index in [-0.39, 0.29) is 5.91 Å². The zero-order valence-electron chi connectivity index (χ0n) is 20.5. The highest BCUT2D eigenvalue weighted by Gasteiger charge is 2.11. The average molecular weight is 467 g/mol. The Morgan fingerprint density at radius 3 is 2.54 bits per heavy atom. The first-order chi connectivity index (χ1) is 16.9. The van der Waals surface area contributed by atoms with Gasteiger partial charge in [-0.15, -0.1) is 0 Å². The van der Waals surface area contributed by atoms with Crippen molar-refractivity contribution in [1.29, 1.82) is 0 Å². The molecule has 0 aliphatic rings. The van der Waals surface area contributed by atoms with E-state index in [2.05, 4.69) is 51.5 Å². The van der Waals surface area contributed by atoms with Crippen LogP contribution in [0.1, 0.15) is 28.4 Å². The molecule has 2 aromatic carbocycles. The smallest absolute Gasteiger partial charge is 0.255 e. The maximum Gasteiger partial charge on any atom is 0.255 e. The van der Waals surface area contributed by atoms with Crippen LogP contribution in [-0.2, 0) is 6.42 Å². The number of hydrogen-bond donors (Lipinski definition) is 2. The van der Waals surface area contributed by atoms with E-state index >= 15 is 0 Å². The number of likely N-dealkylation sites (N-methyl/N-ethyl adjacent to an activating group) is 1. The first-order valence-electron chi connectivity index (χ1n) is 11.6. The zero-order valence-corrected chi connectivity index (χ0v) is 20.5. The minimum absolute atomic E-state index is 0.151. The predicted octanol–water partition coefficient (Wildman–Crippen LogP) is 5.34. The van der Waals surface area contributed by atoms with Gasteiger partial charge in [0.05, 0.1) is 5.69 Å². The van der Waals surface area contributed by atoms with Crippen LogP contribution < -0.4 is 10.6 Å². The summed E-state index contributed by atoms with van der Waals surface area (Å²) in [5.41, 5.74) is 6.04. The van der Waals surface area contributed by atoms with Gasteiger partial charge in [-0.05, 0) is 88.0 Å². The highest BCUT2D eigenvalue weighted by atomic mass is 16.1. The number of carbonyl (C=O) groups excluding carboxylic acids is 1. The molecule has 1 unspecified atom stereocenters. The lowest BCUT2D eigenvalue weighted by molar-refractivity contribution is 0.102. The second-order valence-corrected chi connectivity index (χ2v) is 8.83. The molecule has 2 N–H and O–H groups in total. The summed E-state index contributed by atoms with van der Waals surface area (Å²) in [6, 6.07) is 19.6. The van der Waals surface area contributed by atoms with Crippen LogP contribution in [0.3, 0.4) is 0 Å². The number of nitrogens with zero attached hydrogens (tertiary/aromatic N) is 4. The van der Waals surface area contributed by atoms with Gasteiger partial charge in [0.15, 0.2) is 0 Å². The fourth-order valence-electron chi connectivity index (χ4n) is 3.57. The van der Waals surface area contributed by atoms with Crippen LogP contribution in [0.25, 0.3) is 11.3 Å². The Labute approximate surface area is 206 Å². The number of carbonyl (C=O) groups is 1. The summed E-state index contributed by atoms with van der Waals surface area (Å²) in [6.45, 7) is 4.18. The van der Waals surface area contributed by atoms with Crippen LogP contribution in [0, 0.1) is 6.92 Å². The van der Waals surface area contributed by atoms with Gasteiger partial charge in [0.1, 0.15) is 0 Å². The van der Waals surface area contributed by atoms with Gasteiger partial charge in [-0.1, -0.05) is 18.2 Å². The van der Waals surface area contributed by atoms with Crippen molar-refractivity contribution >= 4 is 23.2 Å². The number of nitrogens with one attached hydrogen (secondary N) is 2. The normalized spacial score (nSPS) is 11.8. The Balaban J connectivity index is 1.46. The highest BCUT2D eigenvalue weighted by molar-refractivity contribution is 6.04. The van der Waals surface area contributed by atoms with Crippen LogP contribution in [0.2, 0.25) is 0 Å². The Hall–Kier alpha value is -4.10. The molecule has 2 aromatic heterocycles. The molecule has 0 aliphatic heterocycles. The van der Waals surface area contributed by atoms with Crippen molar-refractivity contribution in [3.05, 3.63) is 95.9 Å². The number of aromatic nitrogens is 3. The molecule has 178 valence electrons. The minimum Gasteiger partial charge on any atom is -0.324 e. The first kappa shape index (κ1) is 24.0. The molecule has 0 bridgehead atoms. The summed E-state index contributed by atoms with van der Waals surface area (Å²) in [4.78, 5) is 28.1. The van der Waals surface area contributed by atoms with Crippen molar-refractivity contribution in [3.8, 4) is 11.3 Å². The molecule has 0 saturated heterocycles. The molecule has 0 aliphatic carbocycles. The summed E-state index contributed by atoms with van der Waals surface area (Å²) >= 11 is 0. The maximum atomic E-state index is 12.8. The number of amides is 1. The number of anilines is 3. The third-order valence-electron chi connectivity index (χ3n) is 5.98. The van der Waals surface area contributed by atoms with Crippen LogP contribution >= 0.6 is 0 Å². The second-order valence-electron chi connectivity index (χ2n) is 8.83. The van der Waals surface area contributed by atoms with Gasteiger partial charge in [0.2, 0.25) is 5.95 Å². The van der Waals surface area contributed by atoms with Crippen molar-refractivity contribution < 1.29 is 4.79 Å². The molecule has 0 fully saturated rings. The summed E-state index contributed by atoms with van der Waals surface area (Å²) in [5.74, 6) is 0.322.